The average Bonchev–Trinajstić information content (AvgIpc) is 2.50. The first-order valence-electron chi connectivity index (χ1n) is 5.61. The second-order valence-electron chi connectivity index (χ2n) is 4.76. The number of nitrogens with one attached hydrogen (secondary N) is 1. The van der Waals surface area contributed by atoms with Gasteiger partial charge in [0, 0.05) is 0 Å². The Labute approximate surface area is 95.8 Å². The first-order chi connectivity index (χ1) is 7.58. The number of hydrogen-bond acceptors (Lipinski definition) is 2. The van der Waals surface area contributed by atoms with Crippen LogP contribution >= 0.6 is 0 Å². The van der Waals surface area contributed by atoms with Crippen LogP contribution in [0.1, 0.15) is 25.8 Å². The van der Waals surface area contributed by atoms with Crippen molar-refractivity contribution in [2.45, 2.75) is 38.3 Å². The van der Waals surface area contributed by atoms with Crippen LogP contribution in [-0.2, 0) is 11.2 Å². The quantitative estimate of drug-likeness (QED) is 0.848. The van der Waals surface area contributed by atoms with E-state index in [4.69, 9.17) is 4.74 Å². The molecule has 86 valence electrons. The van der Waals surface area contributed by atoms with Gasteiger partial charge in [-0.1, -0.05) is 30.3 Å². The maximum Gasteiger partial charge on any atom is 0.408 e. The van der Waals surface area contributed by atoms with Crippen LogP contribution in [0, 0.1) is 0 Å². The molecule has 1 amide bonds. The number of hydrogen-bond donors (Lipinski definition) is 1. The molecule has 0 spiro atoms. The fourth-order valence-corrected chi connectivity index (χ4v) is 2.01. The van der Waals surface area contributed by atoms with Gasteiger partial charge in [0.15, 0.2) is 0 Å². The molecular formula is C13H17NO2. The Kier molecular flexibility index (Phi) is 2.86. The Morgan fingerprint density at radius 3 is 2.56 bits per heavy atom. The number of alkyl carbamates (subject to hydrolysis) is 1. The summed E-state index contributed by atoms with van der Waals surface area (Å²) in [5.74, 6) is 0. The van der Waals surface area contributed by atoms with E-state index in [-0.39, 0.29) is 17.7 Å². The number of cyclic esters (lactones) is 1. The molecule has 0 bridgehead atoms. The smallest absolute Gasteiger partial charge is 0.408 e. The second kappa shape index (κ2) is 4.16. The molecule has 0 aromatic heterocycles. The van der Waals surface area contributed by atoms with Crippen LogP contribution in [0.2, 0.25) is 0 Å². The molecular weight excluding hydrogens is 202 g/mol. The largest absolute Gasteiger partial charge is 0.444 e. The van der Waals surface area contributed by atoms with Crippen molar-refractivity contribution in [1.29, 1.82) is 0 Å². The third-order valence-electron chi connectivity index (χ3n) is 3.02. The molecule has 2 rings (SSSR count). The number of carbonyl (C=O) groups is 1. The third kappa shape index (κ3) is 2.35. The minimum Gasteiger partial charge on any atom is -0.444 e. The molecule has 0 unspecified atom stereocenters. The van der Waals surface area contributed by atoms with Gasteiger partial charge < -0.3 is 10.1 Å². The summed E-state index contributed by atoms with van der Waals surface area (Å²) in [4.78, 5) is 11.1. The normalized spacial score (nSPS) is 22.6. The molecule has 1 atom stereocenters. The molecule has 3 heteroatoms. The number of aryl methyl sites for hydroxylation is 1. The van der Waals surface area contributed by atoms with Crippen LogP contribution in [0.3, 0.4) is 0 Å². The number of benzene rings is 1. The van der Waals surface area contributed by atoms with Gasteiger partial charge in [-0.05, 0) is 32.3 Å². The zero-order chi connectivity index (χ0) is 11.6. The van der Waals surface area contributed by atoms with Crippen molar-refractivity contribution < 1.29 is 9.53 Å². The Morgan fingerprint density at radius 2 is 2.00 bits per heavy atom. The summed E-state index contributed by atoms with van der Waals surface area (Å²) in [7, 11) is 0. The minimum absolute atomic E-state index is 0.0415. The van der Waals surface area contributed by atoms with Crippen LogP contribution in [0.5, 0.6) is 0 Å². The SMILES string of the molecule is CC1(C)NC(=O)O[C@@H]1CCc1ccccc1. The van der Waals surface area contributed by atoms with Gasteiger partial charge in [0.05, 0.1) is 5.54 Å². The van der Waals surface area contributed by atoms with Gasteiger partial charge in [0.2, 0.25) is 0 Å². The van der Waals surface area contributed by atoms with Crippen LogP contribution in [-0.4, -0.2) is 17.7 Å². The maximum atomic E-state index is 11.1. The Morgan fingerprint density at radius 1 is 1.31 bits per heavy atom. The summed E-state index contributed by atoms with van der Waals surface area (Å²) in [6, 6.07) is 10.2. The van der Waals surface area contributed by atoms with Crippen molar-refractivity contribution in [3.05, 3.63) is 35.9 Å². The van der Waals surface area contributed by atoms with Crippen molar-refractivity contribution in [1.82, 2.24) is 5.32 Å². The Hall–Kier alpha value is -1.51. The molecule has 1 aromatic carbocycles. The summed E-state index contributed by atoms with van der Waals surface area (Å²) in [5, 5.41) is 2.82. The molecule has 3 nitrogen and oxygen atoms in total. The lowest BCUT2D eigenvalue weighted by molar-refractivity contribution is 0.111. The average molecular weight is 219 g/mol. The summed E-state index contributed by atoms with van der Waals surface area (Å²) in [5.41, 5.74) is 1.02. The molecule has 1 saturated heterocycles. The van der Waals surface area contributed by atoms with Gasteiger partial charge in [0.1, 0.15) is 6.10 Å². The van der Waals surface area contributed by atoms with Gasteiger partial charge >= 0.3 is 6.09 Å². The Bertz CT molecular complexity index is 373. The molecule has 0 saturated carbocycles. The highest BCUT2D eigenvalue weighted by atomic mass is 16.6. The van der Waals surface area contributed by atoms with Crippen LogP contribution in [0.4, 0.5) is 4.79 Å². The number of rotatable bonds is 3. The first kappa shape index (κ1) is 11.0. The molecule has 16 heavy (non-hydrogen) atoms. The van der Waals surface area contributed by atoms with E-state index in [0.717, 1.165) is 12.8 Å². The molecule has 0 aliphatic carbocycles. The fourth-order valence-electron chi connectivity index (χ4n) is 2.01. The lowest BCUT2D eigenvalue weighted by Crippen LogP contribution is -2.42. The van der Waals surface area contributed by atoms with Crippen LogP contribution < -0.4 is 5.32 Å². The predicted octanol–water partition coefficient (Wildman–Crippen LogP) is 2.51. The molecule has 1 fully saturated rings. The minimum atomic E-state index is -0.303. The molecule has 1 N–H and O–H groups in total. The van der Waals surface area contributed by atoms with Crippen molar-refractivity contribution >= 4 is 6.09 Å². The highest BCUT2D eigenvalue weighted by Crippen LogP contribution is 2.24. The van der Waals surface area contributed by atoms with Gasteiger partial charge in [-0.3, -0.25) is 0 Å². The highest BCUT2D eigenvalue weighted by Gasteiger charge is 2.40. The van der Waals surface area contributed by atoms with Gasteiger partial charge in [0.25, 0.3) is 0 Å². The van der Waals surface area contributed by atoms with E-state index in [1.165, 1.54) is 5.56 Å². The van der Waals surface area contributed by atoms with E-state index in [9.17, 15) is 4.79 Å². The predicted molar refractivity (Wildman–Crippen MR) is 62.2 cm³/mol. The van der Waals surface area contributed by atoms with E-state index in [1.54, 1.807) is 0 Å². The number of amides is 1. The van der Waals surface area contributed by atoms with E-state index < -0.39 is 0 Å². The second-order valence-corrected chi connectivity index (χ2v) is 4.76. The summed E-state index contributed by atoms with van der Waals surface area (Å²) < 4.78 is 5.25. The van der Waals surface area contributed by atoms with Crippen LogP contribution in [0.25, 0.3) is 0 Å². The topological polar surface area (TPSA) is 38.3 Å². The van der Waals surface area contributed by atoms with Crippen LogP contribution in [0.15, 0.2) is 30.3 Å². The molecule has 1 heterocycles. The van der Waals surface area contributed by atoms with Crippen molar-refractivity contribution in [3.63, 3.8) is 0 Å². The van der Waals surface area contributed by atoms with E-state index in [2.05, 4.69) is 17.4 Å². The Balaban J connectivity index is 1.94. The maximum absolute atomic E-state index is 11.1. The van der Waals surface area contributed by atoms with Gasteiger partial charge in [-0.25, -0.2) is 4.79 Å². The molecule has 1 aromatic rings. The number of carbonyl (C=O) groups excluding carboxylic acids is 1. The fraction of sp³-hybridized carbons (Fsp3) is 0.462. The highest BCUT2D eigenvalue weighted by molar-refractivity contribution is 5.71. The van der Waals surface area contributed by atoms with Gasteiger partial charge in [-0.15, -0.1) is 0 Å². The third-order valence-corrected chi connectivity index (χ3v) is 3.02. The zero-order valence-corrected chi connectivity index (χ0v) is 9.69. The van der Waals surface area contributed by atoms with E-state index >= 15 is 0 Å². The first-order valence-corrected chi connectivity index (χ1v) is 5.61. The van der Waals surface area contributed by atoms with Crippen molar-refractivity contribution in [2.75, 3.05) is 0 Å². The summed E-state index contributed by atoms with van der Waals surface area (Å²) >= 11 is 0. The summed E-state index contributed by atoms with van der Waals surface area (Å²) in [6.45, 7) is 3.99. The van der Waals surface area contributed by atoms with Crippen molar-refractivity contribution in [3.8, 4) is 0 Å². The lowest BCUT2D eigenvalue weighted by atomic mass is 9.93. The number of ether oxygens (including phenoxy) is 1. The molecule has 1 aliphatic rings. The zero-order valence-electron chi connectivity index (χ0n) is 9.69. The van der Waals surface area contributed by atoms with E-state index in [1.807, 2.05) is 32.0 Å². The monoisotopic (exact) mass is 219 g/mol. The van der Waals surface area contributed by atoms with E-state index in [0.29, 0.717) is 0 Å². The molecule has 1 aliphatic heterocycles. The van der Waals surface area contributed by atoms with Crippen molar-refractivity contribution in [2.24, 2.45) is 0 Å². The lowest BCUT2D eigenvalue weighted by Gasteiger charge is -2.23. The summed E-state index contributed by atoms with van der Waals surface area (Å²) in [6.07, 6.45) is 1.45. The standard InChI is InChI=1S/C13H17NO2/c1-13(2)11(16-12(15)14-13)9-8-10-6-4-3-5-7-10/h3-7,11H,8-9H2,1-2H3,(H,14,15)/t11-/m1/s1. The molecule has 0 radical (unpaired) electrons. The van der Waals surface area contributed by atoms with Gasteiger partial charge in [-0.2, -0.15) is 0 Å².